The third-order valence-corrected chi connectivity index (χ3v) is 5.22. The maximum atomic E-state index is 12.8. The van der Waals surface area contributed by atoms with Gasteiger partial charge in [-0.15, -0.1) is 0 Å². The van der Waals surface area contributed by atoms with E-state index >= 15 is 0 Å². The highest BCUT2D eigenvalue weighted by molar-refractivity contribution is 6.02. The van der Waals surface area contributed by atoms with E-state index in [1.165, 1.54) is 31.2 Å². The highest BCUT2D eigenvalue weighted by atomic mass is 16.5. The summed E-state index contributed by atoms with van der Waals surface area (Å²) in [5, 5.41) is 0. The minimum Gasteiger partial charge on any atom is -0.370 e. The Labute approximate surface area is 121 Å². The summed E-state index contributed by atoms with van der Waals surface area (Å²) >= 11 is 0. The average molecular weight is 272 g/mol. The van der Waals surface area contributed by atoms with Gasteiger partial charge < -0.3 is 4.74 Å². The molecule has 0 aromatic heterocycles. The molecule has 2 fully saturated rings. The number of ether oxygens (including phenoxy) is 1. The summed E-state index contributed by atoms with van der Waals surface area (Å²) in [4.78, 5) is 12.8. The maximum Gasteiger partial charge on any atom is 0.194 e. The number of carbonyl (C=O) groups is 1. The molecule has 2 aliphatic carbocycles. The Kier molecular flexibility index (Phi) is 3.93. The van der Waals surface area contributed by atoms with E-state index in [0.29, 0.717) is 0 Å². The standard InChI is InChI=1S/C18H24O2/c1-20-18(12-3-2-4-13-18)17(19)16-10-8-15(9-11-16)14-6-5-7-14/h8-11,14H,2-7,12-13H2,1H3. The van der Waals surface area contributed by atoms with Crippen LogP contribution in [-0.4, -0.2) is 18.5 Å². The monoisotopic (exact) mass is 272 g/mol. The predicted molar refractivity (Wildman–Crippen MR) is 80.2 cm³/mol. The zero-order valence-electron chi connectivity index (χ0n) is 12.4. The summed E-state index contributed by atoms with van der Waals surface area (Å²) < 4.78 is 5.66. The first-order valence-corrected chi connectivity index (χ1v) is 7.95. The van der Waals surface area contributed by atoms with Crippen LogP contribution in [0.25, 0.3) is 0 Å². The van der Waals surface area contributed by atoms with Crippen LogP contribution in [0.3, 0.4) is 0 Å². The second kappa shape index (κ2) is 5.69. The van der Waals surface area contributed by atoms with E-state index in [1.54, 1.807) is 7.11 Å². The highest BCUT2D eigenvalue weighted by Crippen LogP contribution is 2.37. The highest BCUT2D eigenvalue weighted by Gasteiger charge is 2.39. The van der Waals surface area contributed by atoms with Crippen molar-refractivity contribution in [1.82, 2.24) is 0 Å². The molecule has 1 aromatic rings. The summed E-state index contributed by atoms with van der Waals surface area (Å²) in [6, 6.07) is 8.29. The number of hydrogen-bond acceptors (Lipinski definition) is 2. The van der Waals surface area contributed by atoms with Crippen LogP contribution in [0, 0.1) is 0 Å². The number of rotatable bonds is 4. The number of benzene rings is 1. The van der Waals surface area contributed by atoms with Crippen LogP contribution in [0.15, 0.2) is 24.3 Å². The Bertz CT molecular complexity index is 465. The first-order chi connectivity index (χ1) is 9.75. The van der Waals surface area contributed by atoms with E-state index in [1.807, 2.05) is 12.1 Å². The molecule has 20 heavy (non-hydrogen) atoms. The van der Waals surface area contributed by atoms with Crippen molar-refractivity contribution in [2.45, 2.75) is 62.9 Å². The van der Waals surface area contributed by atoms with E-state index < -0.39 is 5.60 Å². The fourth-order valence-electron chi connectivity index (χ4n) is 3.56. The Hall–Kier alpha value is -1.15. The summed E-state index contributed by atoms with van der Waals surface area (Å²) in [5.41, 5.74) is 1.65. The van der Waals surface area contributed by atoms with Gasteiger partial charge in [0.25, 0.3) is 0 Å². The van der Waals surface area contributed by atoms with E-state index in [9.17, 15) is 4.79 Å². The first-order valence-electron chi connectivity index (χ1n) is 7.95. The van der Waals surface area contributed by atoms with E-state index in [4.69, 9.17) is 4.74 Å². The van der Waals surface area contributed by atoms with Gasteiger partial charge in [0, 0.05) is 12.7 Å². The molecule has 3 rings (SSSR count). The third kappa shape index (κ3) is 2.42. The van der Waals surface area contributed by atoms with E-state index in [-0.39, 0.29) is 5.78 Å². The Morgan fingerprint density at radius 2 is 1.70 bits per heavy atom. The van der Waals surface area contributed by atoms with Gasteiger partial charge >= 0.3 is 0 Å². The summed E-state index contributed by atoms with van der Waals surface area (Å²) in [6.45, 7) is 0. The van der Waals surface area contributed by atoms with Gasteiger partial charge in [0.1, 0.15) is 5.60 Å². The van der Waals surface area contributed by atoms with Crippen LogP contribution >= 0.6 is 0 Å². The van der Waals surface area contributed by atoms with Gasteiger partial charge in [-0.1, -0.05) is 49.9 Å². The van der Waals surface area contributed by atoms with Gasteiger partial charge in [-0.25, -0.2) is 0 Å². The minimum atomic E-state index is -0.559. The quantitative estimate of drug-likeness (QED) is 0.755. The van der Waals surface area contributed by atoms with Crippen LogP contribution in [-0.2, 0) is 4.74 Å². The first kappa shape index (κ1) is 13.8. The molecule has 108 valence electrons. The number of Topliss-reactive ketones (excluding diaryl/α,β-unsaturated/α-hetero) is 1. The lowest BCUT2D eigenvalue weighted by Crippen LogP contribution is -2.42. The molecule has 2 nitrogen and oxygen atoms in total. The van der Waals surface area contributed by atoms with Crippen molar-refractivity contribution in [1.29, 1.82) is 0 Å². The molecule has 0 spiro atoms. The van der Waals surface area contributed by atoms with Gasteiger partial charge in [0.2, 0.25) is 0 Å². The fraction of sp³-hybridized carbons (Fsp3) is 0.611. The third-order valence-electron chi connectivity index (χ3n) is 5.22. The predicted octanol–water partition coefficient (Wildman–Crippen LogP) is 4.49. The zero-order chi connectivity index (χ0) is 14.0. The van der Waals surface area contributed by atoms with Gasteiger partial charge in [-0.05, 0) is 37.2 Å². The van der Waals surface area contributed by atoms with E-state index in [2.05, 4.69) is 12.1 Å². The second-order valence-electron chi connectivity index (χ2n) is 6.34. The Balaban J connectivity index is 1.78. The number of hydrogen-bond donors (Lipinski definition) is 0. The van der Waals surface area contributed by atoms with Crippen molar-refractivity contribution in [2.75, 3.05) is 7.11 Å². The molecule has 0 amide bonds. The Morgan fingerprint density at radius 1 is 1.05 bits per heavy atom. The zero-order valence-corrected chi connectivity index (χ0v) is 12.4. The molecule has 0 unspecified atom stereocenters. The molecule has 1 aromatic carbocycles. The minimum absolute atomic E-state index is 0.180. The largest absolute Gasteiger partial charge is 0.370 e. The lowest BCUT2D eigenvalue weighted by Gasteiger charge is -2.34. The topological polar surface area (TPSA) is 26.3 Å². The SMILES string of the molecule is COC1(C(=O)c2ccc(C3CCC3)cc2)CCCCC1. The van der Waals surface area contributed by atoms with Crippen molar-refractivity contribution in [3.05, 3.63) is 35.4 Å². The molecular weight excluding hydrogens is 248 g/mol. The van der Waals surface area contributed by atoms with Crippen LogP contribution in [0.1, 0.15) is 73.2 Å². The maximum absolute atomic E-state index is 12.8. The van der Waals surface area contributed by atoms with Crippen molar-refractivity contribution in [3.63, 3.8) is 0 Å². The lowest BCUT2D eigenvalue weighted by atomic mass is 9.77. The molecule has 2 saturated carbocycles. The van der Waals surface area contributed by atoms with Gasteiger partial charge in [0.15, 0.2) is 5.78 Å². The summed E-state index contributed by atoms with van der Waals surface area (Å²) in [5.74, 6) is 0.907. The normalized spacial score (nSPS) is 22.2. The van der Waals surface area contributed by atoms with Crippen molar-refractivity contribution in [3.8, 4) is 0 Å². The van der Waals surface area contributed by atoms with Crippen LogP contribution < -0.4 is 0 Å². The van der Waals surface area contributed by atoms with Crippen molar-refractivity contribution < 1.29 is 9.53 Å². The van der Waals surface area contributed by atoms with Gasteiger partial charge in [-0.2, -0.15) is 0 Å². The van der Waals surface area contributed by atoms with Gasteiger partial charge in [0.05, 0.1) is 0 Å². The Morgan fingerprint density at radius 3 is 2.20 bits per heavy atom. The van der Waals surface area contributed by atoms with Crippen LogP contribution in [0.5, 0.6) is 0 Å². The van der Waals surface area contributed by atoms with Gasteiger partial charge in [-0.3, -0.25) is 4.79 Å². The summed E-state index contributed by atoms with van der Waals surface area (Å²) in [6.07, 6.45) is 9.10. The smallest absolute Gasteiger partial charge is 0.194 e. The molecule has 0 radical (unpaired) electrons. The number of ketones is 1. The molecule has 2 heteroatoms. The molecule has 0 saturated heterocycles. The van der Waals surface area contributed by atoms with Crippen LogP contribution in [0.4, 0.5) is 0 Å². The summed E-state index contributed by atoms with van der Waals surface area (Å²) in [7, 11) is 1.69. The van der Waals surface area contributed by atoms with E-state index in [0.717, 1.165) is 37.2 Å². The molecule has 0 atom stereocenters. The molecule has 0 bridgehead atoms. The lowest BCUT2D eigenvalue weighted by molar-refractivity contribution is -0.0194. The molecular formula is C18H24O2. The molecule has 0 N–H and O–H groups in total. The number of carbonyl (C=O) groups excluding carboxylic acids is 1. The fourth-order valence-corrected chi connectivity index (χ4v) is 3.56. The van der Waals surface area contributed by atoms with Crippen molar-refractivity contribution in [2.24, 2.45) is 0 Å². The molecule has 0 heterocycles. The van der Waals surface area contributed by atoms with Crippen molar-refractivity contribution >= 4 is 5.78 Å². The molecule has 0 aliphatic heterocycles. The second-order valence-corrected chi connectivity index (χ2v) is 6.34. The number of methoxy groups -OCH3 is 1. The van der Waals surface area contributed by atoms with Crippen LogP contribution in [0.2, 0.25) is 0 Å². The average Bonchev–Trinajstić information content (AvgIpc) is 2.46. The molecule has 2 aliphatic rings.